The SMILES string of the molecule is O=C(C[C@H](c1ccsc1)n1cnnn1)N1CC[C@]2(O)CCCC[C@H]2C1. The number of thiophene rings is 1. The number of carbonyl (C=O) groups is 1. The molecule has 0 bridgehead atoms. The quantitative estimate of drug-likeness (QED) is 0.899. The third-order valence-corrected chi connectivity index (χ3v) is 6.46. The Morgan fingerprint density at radius 1 is 1.44 bits per heavy atom. The monoisotopic (exact) mass is 361 g/mol. The van der Waals surface area contributed by atoms with Crippen molar-refractivity contribution >= 4 is 17.2 Å². The normalized spacial score (nSPS) is 27.7. The zero-order valence-electron chi connectivity index (χ0n) is 14.1. The van der Waals surface area contributed by atoms with Gasteiger partial charge in [0.05, 0.1) is 18.1 Å². The number of fused-ring (bicyclic) bond motifs is 1. The van der Waals surface area contributed by atoms with Crippen LogP contribution in [0.2, 0.25) is 0 Å². The molecule has 1 aliphatic carbocycles. The highest BCUT2D eigenvalue weighted by atomic mass is 32.1. The van der Waals surface area contributed by atoms with Crippen LogP contribution in [-0.2, 0) is 4.79 Å². The van der Waals surface area contributed by atoms with Crippen LogP contribution in [0.15, 0.2) is 23.2 Å². The van der Waals surface area contributed by atoms with Gasteiger partial charge in [0.25, 0.3) is 0 Å². The van der Waals surface area contributed by atoms with Gasteiger partial charge in [0.1, 0.15) is 6.33 Å². The van der Waals surface area contributed by atoms with E-state index in [9.17, 15) is 9.90 Å². The minimum absolute atomic E-state index is 0.110. The maximum atomic E-state index is 12.9. The second-order valence-electron chi connectivity index (χ2n) is 7.20. The summed E-state index contributed by atoms with van der Waals surface area (Å²) in [6.07, 6.45) is 6.73. The predicted octanol–water partition coefficient (Wildman–Crippen LogP) is 1.87. The smallest absolute Gasteiger partial charge is 0.225 e. The van der Waals surface area contributed by atoms with Gasteiger partial charge in [-0.15, -0.1) is 5.10 Å². The molecule has 1 N–H and O–H groups in total. The highest BCUT2D eigenvalue weighted by Gasteiger charge is 2.43. The highest BCUT2D eigenvalue weighted by molar-refractivity contribution is 7.07. The predicted molar refractivity (Wildman–Crippen MR) is 93.0 cm³/mol. The number of piperidine rings is 1. The molecule has 2 aromatic rings. The molecule has 0 unspecified atom stereocenters. The van der Waals surface area contributed by atoms with Crippen molar-refractivity contribution in [3.05, 3.63) is 28.7 Å². The summed E-state index contributed by atoms with van der Waals surface area (Å²) in [5.41, 5.74) is 0.495. The van der Waals surface area contributed by atoms with E-state index in [4.69, 9.17) is 0 Å². The van der Waals surface area contributed by atoms with Crippen LogP contribution in [0.3, 0.4) is 0 Å². The Morgan fingerprint density at radius 3 is 3.12 bits per heavy atom. The highest BCUT2D eigenvalue weighted by Crippen LogP contribution is 2.40. The van der Waals surface area contributed by atoms with E-state index in [1.54, 1.807) is 22.3 Å². The average molecular weight is 361 g/mol. The molecule has 0 aromatic carbocycles. The summed E-state index contributed by atoms with van der Waals surface area (Å²) in [5, 5.41) is 26.3. The zero-order chi connectivity index (χ0) is 17.3. The summed E-state index contributed by atoms with van der Waals surface area (Å²) in [5.74, 6) is 0.325. The molecular weight excluding hydrogens is 338 g/mol. The van der Waals surface area contributed by atoms with Crippen LogP contribution in [0.25, 0.3) is 0 Å². The van der Waals surface area contributed by atoms with Gasteiger partial charge in [-0.1, -0.05) is 12.8 Å². The van der Waals surface area contributed by atoms with E-state index in [2.05, 4.69) is 15.5 Å². The zero-order valence-corrected chi connectivity index (χ0v) is 14.9. The van der Waals surface area contributed by atoms with E-state index in [-0.39, 0.29) is 17.9 Å². The van der Waals surface area contributed by atoms with E-state index < -0.39 is 5.60 Å². The summed E-state index contributed by atoms with van der Waals surface area (Å²) in [6, 6.07) is 1.83. The molecule has 8 heteroatoms. The molecule has 2 fully saturated rings. The fourth-order valence-corrected chi connectivity index (χ4v) is 4.94. The molecule has 3 heterocycles. The number of carbonyl (C=O) groups excluding carboxylic acids is 1. The van der Waals surface area contributed by atoms with Gasteiger partial charge in [-0.05, 0) is 52.1 Å². The first-order valence-corrected chi connectivity index (χ1v) is 9.85. The Kier molecular flexibility index (Phi) is 4.56. The minimum atomic E-state index is -0.558. The van der Waals surface area contributed by atoms with E-state index >= 15 is 0 Å². The van der Waals surface area contributed by atoms with Crippen LogP contribution in [0, 0.1) is 5.92 Å². The molecule has 134 valence electrons. The lowest BCUT2D eigenvalue weighted by molar-refractivity contribution is -0.143. The summed E-state index contributed by atoms with van der Waals surface area (Å²) in [4.78, 5) is 14.9. The summed E-state index contributed by atoms with van der Waals surface area (Å²) in [6.45, 7) is 1.30. The standard InChI is InChI=1S/C17H23N5O2S/c23-16(21-7-6-17(24)5-2-1-3-14(17)10-21)9-15(13-4-8-25-11-13)22-12-18-19-20-22/h4,8,11-12,14-15,24H,1-3,5-7,9-10H2/t14-,15+,17+/m0/s1. The number of rotatable bonds is 4. The van der Waals surface area contributed by atoms with Gasteiger partial charge in [0.15, 0.2) is 0 Å². The Labute approximate surface area is 150 Å². The second kappa shape index (κ2) is 6.84. The molecule has 3 atom stereocenters. The first-order valence-electron chi connectivity index (χ1n) is 8.90. The van der Waals surface area contributed by atoms with Crippen molar-refractivity contribution in [3.8, 4) is 0 Å². The molecule has 1 saturated heterocycles. The largest absolute Gasteiger partial charge is 0.389 e. The van der Waals surface area contributed by atoms with Crippen LogP contribution in [0.5, 0.6) is 0 Å². The molecule has 1 aliphatic heterocycles. The van der Waals surface area contributed by atoms with Gasteiger partial charge in [-0.3, -0.25) is 4.79 Å². The number of likely N-dealkylation sites (tertiary alicyclic amines) is 1. The molecule has 1 saturated carbocycles. The molecule has 0 radical (unpaired) electrons. The molecule has 0 spiro atoms. The first kappa shape index (κ1) is 16.7. The molecule has 4 rings (SSSR count). The van der Waals surface area contributed by atoms with E-state index in [1.165, 1.54) is 0 Å². The van der Waals surface area contributed by atoms with Crippen molar-refractivity contribution in [2.45, 2.75) is 50.2 Å². The second-order valence-corrected chi connectivity index (χ2v) is 7.98. The van der Waals surface area contributed by atoms with Crippen molar-refractivity contribution in [3.63, 3.8) is 0 Å². The van der Waals surface area contributed by atoms with Crippen molar-refractivity contribution in [2.75, 3.05) is 13.1 Å². The van der Waals surface area contributed by atoms with Gasteiger partial charge in [0.2, 0.25) is 5.91 Å². The number of hydrogen-bond acceptors (Lipinski definition) is 6. The number of aliphatic hydroxyl groups is 1. The lowest BCUT2D eigenvalue weighted by Crippen LogP contribution is -2.54. The molecule has 7 nitrogen and oxygen atoms in total. The molecular formula is C17H23N5O2S. The number of amides is 1. The summed E-state index contributed by atoms with van der Waals surface area (Å²) < 4.78 is 1.65. The van der Waals surface area contributed by atoms with Gasteiger partial charge in [-0.25, -0.2) is 4.68 Å². The van der Waals surface area contributed by atoms with Gasteiger partial charge < -0.3 is 10.0 Å². The fraction of sp³-hybridized carbons (Fsp3) is 0.647. The Morgan fingerprint density at radius 2 is 2.36 bits per heavy atom. The van der Waals surface area contributed by atoms with E-state index in [1.807, 2.05) is 21.7 Å². The van der Waals surface area contributed by atoms with E-state index in [0.29, 0.717) is 25.9 Å². The van der Waals surface area contributed by atoms with Crippen LogP contribution in [0.4, 0.5) is 0 Å². The van der Waals surface area contributed by atoms with Crippen LogP contribution in [-0.4, -0.2) is 54.8 Å². The summed E-state index contributed by atoms with van der Waals surface area (Å²) in [7, 11) is 0. The third kappa shape index (κ3) is 3.32. The molecule has 1 amide bonds. The fourth-order valence-electron chi connectivity index (χ4n) is 4.23. The molecule has 2 aromatic heterocycles. The number of tetrazole rings is 1. The van der Waals surface area contributed by atoms with Crippen molar-refractivity contribution in [1.29, 1.82) is 0 Å². The van der Waals surface area contributed by atoms with Crippen molar-refractivity contribution in [1.82, 2.24) is 25.1 Å². The molecule has 25 heavy (non-hydrogen) atoms. The number of nitrogens with zero attached hydrogens (tertiary/aromatic N) is 5. The maximum Gasteiger partial charge on any atom is 0.225 e. The minimum Gasteiger partial charge on any atom is -0.389 e. The van der Waals surface area contributed by atoms with Gasteiger partial charge in [0, 0.05) is 19.0 Å². The van der Waals surface area contributed by atoms with Crippen molar-refractivity contribution in [2.24, 2.45) is 5.92 Å². The Bertz CT molecular complexity index is 670. The van der Waals surface area contributed by atoms with Gasteiger partial charge >= 0.3 is 0 Å². The van der Waals surface area contributed by atoms with Gasteiger partial charge in [-0.2, -0.15) is 11.3 Å². The topological polar surface area (TPSA) is 84.1 Å². The number of hydrogen-bond donors (Lipinski definition) is 1. The third-order valence-electron chi connectivity index (χ3n) is 5.76. The van der Waals surface area contributed by atoms with E-state index in [0.717, 1.165) is 31.2 Å². The Hall–Kier alpha value is -1.80. The molecule has 2 aliphatic rings. The van der Waals surface area contributed by atoms with Crippen LogP contribution >= 0.6 is 11.3 Å². The average Bonchev–Trinajstić information content (AvgIpc) is 3.32. The Balaban J connectivity index is 1.47. The van der Waals surface area contributed by atoms with Crippen LogP contribution in [0.1, 0.15) is 50.1 Å². The number of aromatic nitrogens is 4. The lowest BCUT2D eigenvalue weighted by atomic mass is 9.71. The summed E-state index contributed by atoms with van der Waals surface area (Å²) >= 11 is 1.60. The van der Waals surface area contributed by atoms with Crippen molar-refractivity contribution < 1.29 is 9.90 Å². The maximum absolute atomic E-state index is 12.9. The first-order chi connectivity index (χ1) is 12.2. The lowest BCUT2D eigenvalue weighted by Gasteiger charge is -2.47. The van der Waals surface area contributed by atoms with Crippen LogP contribution < -0.4 is 0 Å².